The number of nitrogens with two attached hydrogens (primary N) is 1. The summed E-state index contributed by atoms with van der Waals surface area (Å²) >= 11 is 1.37. The monoisotopic (exact) mass is 300 g/mol. The van der Waals surface area contributed by atoms with Crippen LogP contribution in [-0.4, -0.2) is 24.9 Å². The van der Waals surface area contributed by atoms with E-state index in [0.717, 1.165) is 11.3 Å². The van der Waals surface area contributed by atoms with Gasteiger partial charge in [0.1, 0.15) is 4.90 Å². The van der Waals surface area contributed by atoms with Gasteiger partial charge in [-0.1, -0.05) is 0 Å². The third-order valence-corrected chi connectivity index (χ3v) is 5.63. The number of nitrogens with zero attached hydrogens (tertiary/aromatic N) is 1. The molecule has 8 heteroatoms. The Balaban J connectivity index is 2.07. The van der Waals surface area contributed by atoms with Crippen LogP contribution in [0.4, 0.5) is 0 Å². The lowest BCUT2D eigenvalue weighted by Gasteiger charge is -2.07. The number of sulfonamides is 1. The number of aryl methyl sites for hydroxylation is 1. The van der Waals surface area contributed by atoms with Crippen LogP contribution in [0.15, 0.2) is 22.8 Å². The predicted octanol–water partition coefficient (Wildman–Crippen LogP) is 0.759. The minimum atomic E-state index is -3.50. The van der Waals surface area contributed by atoms with Gasteiger partial charge in [0, 0.05) is 36.3 Å². The summed E-state index contributed by atoms with van der Waals surface area (Å²) in [4.78, 5) is 7.82. The Hall–Kier alpha value is -1.22. The summed E-state index contributed by atoms with van der Waals surface area (Å²) in [6.45, 7) is 2.33. The molecule has 0 aliphatic rings. The fraction of sp³-hybridized carbons (Fsp3) is 0.364. The molecule has 0 aliphatic carbocycles. The van der Waals surface area contributed by atoms with Gasteiger partial charge in [0.05, 0.1) is 6.33 Å². The molecular weight excluding hydrogens is 284 g/mol. The minimum Gasteiger partial charge on any atom is -0.348 e. The normalized spacial score (nSPS) is 11.9. The maximum absolute atomic E-state index is 12.2. The van der Waals surface area contributed by atoms with E-state index in [0.29, 0.717) is 22.7 Å². The Morgan fingerprint density at radius 3 is 2.95 bits per heavy atom. The van der Waals surface area contributed by atoms with Crippen molar-refractivity contribution in [1.29, 1.82) is 0 Å². The molecule has 0 aliphatic heterocycles. The molecule has 0 radical (unpaired) electrons. The zero-order chi connectivity index (χ0) is 13.9. The number of H-pyrrole nitrogens is 1. The van der Waals surface area contributed by atoms with E-state index in [-0.39, 0.29) is 6.54 Å². The summed E-state index contributed by atoms with van der Waals surface area (Å²) in [5.41, 5.74) is 7.20. The van der Waals surface area contributed by atoms with Crippen LogP contribution in [0.2, 0.25) is 0 Å². The fourth-order valence-corrected chi connectivity index (χ4v) is 4.53. The lowest BCUT2D eigenvalue weighted by Crippen LogP contribution is -2.27. The summed E-state index contributed by atoms with van der Waals surface area (Å²) in [5, 5.41) is 1.81. The Kier molecular flexibility index (Phi) is 4.35. The van der Waals surface area contributed by atoms with Gasteiger partial charge < -0.3 is 10.7 Å². The molecule has 2 rings (SSSR count). The number of thiophene rings is 1. The number of aromatic amines is 1. The fourth-order valence-electron chi connectivity index (χ4n) is 1.80. The highest BCUT2D eigenvalue weighted by Gasteiger charge is 2.21. The first-order chi connectivity index (χ1) is 9.04. The van der Waals surface area contributed by atoms with Gasteiger partial charge in [-0.25, -0.2) is 18.1 Å². The van der Waals surface area contributed by atoms with Gasteiger partial charge in [0.2, 0.25) is 10.0 Å². The van der Waals surface area contributed by atoms with E-state index >= 15 is 0 Å². The molecule has 19 heavy (non-hydrogen) atoms. The van der Waals surface area contributed by atoms with Gasteiger partial charge >= 0.3 is 0 Å². The highest BCUT2D eigenvalue weighted by atomic mass is 32.2. The second kappa shape index (κ2) is 5.83. The molecular formula is C11H16N4O2S2. The largest absolute Gasteiger partial charge is 0.348 e. The van der Waals surface area contributed by atoms with Gasteiger partial charge in [0.15, 0.2) is 0 Å². The van der Waals surface area contributed by atoms with E-state index in [4.69, 9.17) is 5.73 Å². The number of hydrogen-bond acceptors (Lipinski definition) is 5. The molecule has 0 spiro atoms. The molecule has 6 nitrogen and oxygen atoms in total. The SMILES string of the molecule is Cc1csc(CN)c1S(=O)(=O)NCCc1cnc[nH]1. The molecule has 0 atom stereocenters. The highest BCUT2D eigenvalue weighted by Crippen LogP contribution is 2.26. The van der Waals surface area contributed by atoms with E-state index in [1.54, 1.807) is 19.4 Å². The van der Waals surface area contributed by atoms with Crippen molar-refractivity contribution in [3.05, 3.63) is 34.0 Å². The molecule has 0 aromatic carbocycles. The predicted molar refractivity (Wildman–Crippen MR) is 74.4 cm³/mol. The van der Waals surface area contributed by atoms with Crippen LogP contribution in [0.3, 0.4) is 0 Å². The molecule has 104 valence electrons. The first kappa shape index (κ1) is 14.2. The lowest BCUT2D eigenvalue weighted by molar-refractivity contribution is 0.580. The Bertz CT molecular complexity index is 632. The van der Waals surface area contributed by atoms with Crippen LogP contribution in [0.5, 0.6) is 0 Å². The second-order valence-electron chi connectivity index (χ2n) is 4.10. The van der Waals surface area contributed by atoms with E-state index in [1.807, 2.05) is 5.38 Å². The quantitative estimate of drug-likeness (QED) is 0.733. The molecule has 0 fully saturated rings. The third kappa shape index (κ3) is 3.21. The zero-order valence-electron chi connectivity index (χ0n) is 10.5. The maximum Gasteiger partial charge on any atom is 0.241 e. The maximum atomic E-state index is 12.2. The van der Waals surface area contributed by atoms with Crippen LogP contribution in [0.25, 0.3) is 0 Å². The Morgan fingerprint density at radius 2 is 2.32 bits per heavy atom. The van der Waals surface area contributed by atoms with E-state index in [9.17, 15) is 8.42 Å². The van der Waals surface area contributed by atoms with Gasteiger partial charge in [-0.3, -0.25) is 0 Å². The molecule has 0 saturated carbocycles. The van der Waals surface area contributed by atoms with Crippen molar-refractivity contribution in [3.63, 3.8) is 0 Å². The standard InChI is InChI=1S/C11H16N4O2S2/c1-8-6-18-10(4-12)11(8)19(16,17)15-3-2-9-5-13-7-14-9/h5-7,15H,2-4,12H2,1H3,(H,13,14). The Morgan fingerprint density at radius 1 is 1.53 bits per heavy atom. The summed E-state index contributed by atoms with van der Waals surface area (Å²) in [6, 6.07) is 0. The van der Waals surface area contributed by atoms with Crippen molar-refractivity contribution in [3.8, 4) is 0 Å². The smallest absolute Gasteiger partial charge is 0.241 e. The second-order valence-corrected chi connectivity index (χ2v) is 6.77. The van der Waals surface area contributed by atoms with Crippen LogP contribution in [0.1, 0.15) is 16.1 Å². The molecule has 4 N–H and O–H groups in total. The first-order valence-electron chi connectivity index (χ1n) is 5.78. The van der Waals surface area contributed by atoms with Crippen molar-refractivity contribution >= 4 is 21.4 Å². The van der Waals surface area contributed by atoms with E-state index < -0.39 is 10.0 Å². The average Bonchev–Trinajstić information content (AvgIpc) is 2.98. The van der Waals surface area contributed by atoms with Crippen molar-refractivity contribution < 1.29 is 8.42 Å². The van der Waals surface area contributed by atoms with Crippen molar-refractivity contribution in [2.24, 2.45) is 5.73 Å². The number of rotatable bonds is 6. The number of imidazole rings is 1. The molecule has 0 bridgehead atoms. The summed E-state index contributed by atoms with van der Waals surface area (Å²) < 4.78 is 27.1. The van der Waals surface area contributed by atoms with Crippen molar-refractivity contribution in [2.45, 2.75) is 24.8 Å². The Labute approximate surface area is 116 Å². The zero-order valence-corrected chi connectivity index (χ0v) is 12.1. The minimum absolute atomic E-state index is 0.231. The van der Waals surface area contributed by atoms with Crippen LogP contribution in [-0.2, 0) is 23.0 Å². The first-order valence-corrected chi connectivity index (χ1v) is 8.15. The number of nitrogens with one attached hydrogen (secondary N) is 2. The highest BCUT2D eigenvalue weighted by molar-refractivity contribution is 7.89. The van der Waals surface area contributed by atoms with Crippen molar-refractivity contribution in [2.75, 3.05) is 6.54 Å². The van der Waals surface area contributed by atoms with E-state index in [1.165, 1.54) is 11.3 Å². The molecule has 2 heterocycles. The summed E-state index contributed by atoms with van der Waals surface area (Å²) in [6.07, 6.45) is 3.81. The number of aromatic nitrogens is 2. The van der Waals surface area contributed by atoms with Crippen LogP contribution < -0.4 is 10.5 Å². The van der Waals surface area contributed by atoms with E-state index in [2.05, 4.69) is 14.7 Å². The lowest BCUT2D eigenvalue weighted by atomic mass is 10.3. The molecule has 2 aromatic rings. The number of hydrogen-bond donors (Lipinski definition) is 3. The van der Waals surface area contributed by atoms with Gasteiger partial charge in [-0.15, -0.1) is 11.3 Å². The van der Waals surface area contributed by atoms with Crippen molar-refractivity contribution in [1.82, 2.24) is 14.7 Å². The van der Waals surface area contributed by atoms with Gasteiger partial charge in [-0.05, 0) is 17.9 Å². The molecule has 0 amide bonds. The molecule has 2 aromatic heterocycles. The summed E-state index contributed by atoms with van der Waals surface area (Å²) in [7, 11) is -3.50. The molecule has 0 unspecified atom stereocenters. The summed E-state index contributed by atoms with van der Waals surface area (Å²) in [5.74, 6) is 0. The van der Waals surface area contributed by atoms with Crippen LogP contribution >= 0.6 is 11.3 Å². The van der Waals surface area contributed by atoms with Crippen LogP contribution in [0, 0.1) is 6.92 Å². The topological polar surface area (TPSA) is 101 Å². The van der Waals surface area contributed by atoms with Gasteiger partial charge in [-0.2, -0.15) is 0 Å². The average molecular weight is 300 g/mol. The van der Waals surface area contributed by atoms with Gasteiger partial charge in [0.25, 0.3) is 0 Å². The third-order valence-electron chi connectivity index (χ3n) is 2.68. The molecule has 0 saturated heterocycles.